The fourth-order valence-electron chi connectivity index (χ4n) is 3.05. The second-order valence-electron chi connectivity index (χ2n) is 5.89. The molecule has 1 aromatic rings. The Kier molecular flexibility index (Phi) is 4.65. The van der Waals surface area contributed by atoms with Gasteiger partial charge in [0.25, 0.3) is 0 Å². The fraction of sp³-hybridized carbons (Fsp3) is 0.667. The van der Waals surface area contributed by atoms with Gasteiger partial charge in [-0.1, -0.05) is 0 Å². The molecule has 1 amide bonds. The van der Waals surface area contributed by atoms with E-state index in [9.17, 15) is 9.59 Å². The van der Waals surface area contributed by atoms with Crippen molar-refractivity contribution < 1.29 is 14.7 Å². The number of nitrogens with zero attached hydrogens (tertiary/aromatic N) is 2. The molecule has 1 fully saturated rings. The number of aliphatic carboxylic acids is 1. The van der Waals surface area contributed by atoms with Crippen LogP contribution in [0.5, 0.6) is 0 Å². The van der Waals surface area contributed by atoms with Crippen LogP contribution in [0.4, 0.5) is 0 Å². The van der Waals surface area contributed by atoms with Gasteiger partial charge in [-0.15, -0.1) is 0 Å². The Labute approximate surface area is 124 Å². The molecule has 2 N–H and O–H groups in total. The number of carbonyl (C=O) groups excluding carboxylic acids is 1. The summed E-state index contributed by atoms with van der Waals surface area (Å²) in [6.45, 7) is 3.95. The first kappa shape index (κ1) is 15.5. The van der Waals surface area contributed by atoms with Crippen molar-refractivity contribution >= 4 is 11.9 Å². The van der Waals surface area contributed by atoms with Crippen LogP contribution < -0.4 is 5.32 Å². The lowest BCUT2D eigenvalue weighted by atomic mass is 10.1. The second-order valence-corrected chi connectivity index (χ2v) is 5.89. The van der Waals surface area contributed by atoms with E-state index in [0.717, 1.165) is 23.4 Å². The molecule has 0 aromatic carbocycles. The van der Waals surface area contributed by atoms with E-state index in [2.05, 4.69) is 10.4 Å². The van der Waals surface area contributed by atoms with Gasteiger partial charge in [0.1, 0.15) is 0 Å². The first-order chi connectivity index (χ1) is 9.88. The third-order valence-electron chi connectivity index (χ3n) is 4.41. The van der Waals surface area contributed by atoms with Crippen molar-refractivity contribution in [3.8, 4) is 0 Å². The molecular weight excluding hydrogens is 270 g/mol. The average molecular weight is 293 g/mol. The van der Waals surface area contributed by atoms with Gasteiger partial charge in [-0.05, 0) is 45.1 Å². The Morgan fingerprint density at radius 2 is 2.10 bits per heavy atom. The lowest BCUT2D eigenvalue weighted by Crippen LogP contribution is -2.33. The molecule has 6 heteroatoms. The summed E-state index contributed by atoms with van der Waals surface area (Å²) in [7, 11) is 1.90. The summed E-state index contributed by atoms with van der Waals surface area (Å²) in [6.07, 6.45) is 3.05. The van der Waals surface area contributed by atoms with E-state index in [-0.39, 0.29) is 17.9 Å². The van der Waals surface area contributed by atoms with Crippen molar-refractivity contribution in [1.29, 1.82) is 0 Å². The molecule has 1 aliphatic rings. The number of amides is 1. The maximum Gasteiger partial charge on any atom is 0.306 e. The Morgan fingerprint density at radius 1 is 1.38 bits per heavy atom. The molecule has 116 valence electrons. The van der Waals surface area contributed by atoms with Gasteiger partial charge in [-0.3, -0.25) is 14.3 Å². The number of nitrogens with one attached hydrogen (secondary N) is 1. The van der Waals surface area contributed by atoms with E-state index in [1.165, 1.54) is 0 Å². The average Bonchev–Trinajstić information content (AvgIpc) is 2.95. The summed E-state index contributed by atoms with van der Waals surface area (Å²) in [5, 5.41) is 16.2. The van der Waals surface area contributed by atoms with E-state index in [0.29, 0.717) is 25.7 Å². The van der Waals surface area contributed by atoms with E-state index in [1.807, 2.05) is 25.6 Å². The highest BCUT2D eigenvalue weighted by Crippen LogP contribution is 2.25. The van der Waals surface area contributed by atoms with E-state index < -0.39 is 5.97 Å². The zero-order chi connectivity index (χ0) is 15.6. The quantitative estimate of drug-likeness (QED) is 0.858. The van der Waals surface area contributed by atoms with Gasteiger partial charge in [0.2, 0.25) is 5.91 Å². The predicted octanol–water partition coefficient (Wildman–Crippen LogP) is 1.34. The lowest BCUT2D eigenvalue weighted by Gasteiger charge is -2.12. The van der Waals surface area contributed by atoms with Crippen molar-refractivity contribution in [2.75, 3.05) is 0 Å². The van der Waals surface area contributed by atoms with Crippen LogP contribution >= 0.6 is 0 Å². The van der Waals surface area contributed by atoms with Gasteiger partial charge in [0.15, 0.2) is 0 Å². The van der Waals surface area contributed by atoms with Crippen LogP contribution in [0.2, 0.25) is 0 Å². The highest BCUT2D eigenvalue weighted by Gasteiger charge is 2.30. The molecule has 2 atom stereocenters. The number of hydrogen-bond donors (Lipinski definition) is 2. The highest BCUT2D eigenvalue weighted by atomic mass is 16.4. The lowest BCUT2D eigenvalue weighted by molar-refractivity contribution is -0.141. The highest BCUT2D eigenvalue weighted by molar-refractivity contribution is 5.77. The minimum absolute atomic E-state index is 0.00584. The maximum atomic E-state index is 12.0. The number of carboxylic acid groups (broad SMARTS) is 1. The summed E-state index contributed by atoms with van der Waals surface area (Å²) in [5.41, 5.74) is 3.18. The number of rotatable bonds is 5. The molecule has 0 saturated heterocycles. The minimum Gasteiger partial charge on any atom is -0.481 e. The molecule has 1 aliphatic carbocycles. The number of carbonyl (C=O) groups is 2. The van der Waals surface area contributed by atoms with Gasteiger partial charge >= 0.3 is 5.97 Å². The Hall–Kier alpha value is -1.85. The Bertz CT molecular complexity index is 551. The summed E-state index contributed by atoms with van der Waals surface area (Å²) in [5.74, 6) is -1.07. The van der Waals surface area contributed by atoms with Crippen LogP contribution in [0.15, 0.2) is 0 Å². The zero-order valence-corrected chi connectivity index (χ0v) is 12.8. The van der Waals surface area contributed by atoms with Crippen LogP contribution in [-0.4, -0.2) is 32.8 Å². The maximum absolute atomic E-state index is 12.0. The van der Waals surface area contributed by atoms with Crippen molar-refractivity contribution in [2.45, 2.75) is 52.0 Å². The molecule has 0 radical (unpaired) electrons. The van der Waals surface area contributed by atoms with E-state index in [1.54, 1.807) is 0 Å². The smallest absolute Gasteiger partial charge is 0.306 e. The number of aromatic nitrogens is 2. The Morgan fingerprint density at radius 3 is 2.62 bits per heavy atom. The molecular formula is C15H23N3O3. The summed E-state index contributed by atoms with van der Waals surface area (Å²) >= 11 is 0. The van der Waals surface area contributed by atoms with Crippen LogP contribution in [0.1, 0.15) is 42.6 Å². The van der Waals surface area contributed by atoms with Crippen LogP contribution in [0.3, 0.4) is 0 Å². The monoisotopic (exact) mass is 293 g/mol. The van der Waals surface area contributed by atoms with Crippen molar-refractivity contribution in [2.24, 2.45) is 13.0 Å². The number of aryl methyl sites for hydroxylation is 2. The van der Waals surface area contributed by atoms with Crippen LogP contribution in [0.25, 0.3) is 0 Å². The first-order valence-electron chi connectivity index (χ1n) is 7.39. The molecule has 2 unspecified atom stereocenters. The molecule has 6 nitrogen and oxygen atoms in total. The van der Waals surface area contributed by atoms with Gasteiger partial charge in [0, 0.05) is 25.2 Å². The van der Waals surface area contributed by atoms with Gasteiger partial charge in [-0.2, -0.15) is 5.10 Å². The SMILES string of the molecule is Cc1nn(C)c(C)c1CCC(=O)NC1CCC(C(=O)O)C1. The summed E-state index contributed by atoms with van der Waals surface area (Å²) in [6, 6.07) is 0.00897. The first-order valence-corrected chi connectivity index (χ1v) is 7.39. The standard InChI is InChI=1S/C15H23N3O3/c1-9-13(10(2)18(3)17-9)6-7-14(19)16-12-5-4-11(8-12)15(20)21/h11-12H,4-8H2,1-3H3,(H,16,19)(H,20,21). The summed E-state index contributed by atoms with van der Waals surface area (Å²) < 4.78 is 1.83. The van der Waals surface area contributed by atoms with E-state index in [4.69, 9.17) is 5.11 Å². The molecule has 1 aromatic heterocycles. The third-order valence-corrected chi connectivity index (χ3v) is 4.41. The topological polar surface area (TPSA) is 84.2 Å². The van der Waals surface area contributed by atoms with Crippen molar-refractivity contribution in [3.63, 3.8) is 0 Å². The largest absolute Gasteiger partial charge is 0.481 e. The van der Waals surface area contributed by atoms with Crippen molar-refractivity contribution in [1.82, 2.24) is 15.1 Å². The molecule has 0 aliphatic heterocycles. The Balaban J connectivity index is 1.82. The number of carboxylic acids is 1. The third kappa shape index (κ3) is 3.62. The van der Waals surface area contributed by atoms with Crippen LogP contribution in [-0.2, 0) is 23.1 Å². The number of hydrogen-bond acceptors (Lipinski definition) is 3. The minimum atomic E-state index is -0.756. The molecule has 0 bridgehead atoms. The molecule has 21 heavy (non-hydrogen) atoms. The summed E-state index contributed by atoms with van der Waals surface area (Å²) in [4.78, 5) is 22.9. The van der Waals surface area contributed by atoms with Gasteiger partial charge in [-0.25, -0.2) is 0 Å². The molecule has 1 saturated carbocycles. The second kappa shape index (κ2) is 6.28. The van der Waals surface area contributed by atoms with E-state index >= 15 is 0 Å². The van der Waals surface area contributed by atoms with Crippen LogP contribution in [0, 0.1) is 19.8 Å². The molecule has 2 rings (SSSR count). The predicted molar refractivity (Wildman–Crippen MR) is 77.9 cm³/mol. The van der Waals surface area contributed by atoms with Gasteiger partial charge < -0.3 is 10.4 Å². The van der Waals surface area contributed by atoms with Gasteiger partial charge in [0.05, 0.1) is 11.6 Å². The zero-order valence-electron chi connectivity index (χ0n) is 12.8. The molecule has 0 spiro atoms. The fourth-order valence-corrected chi connectivity index (χ4v) is 3.05. The molecule has 1 heterocycles. The normalized spacial score (nSPS) is 21.5. The van der Waals surface area contributed by atoms with Crippen molar-refractivity contribution in [3.05, 3.63) is 17.0 Å².